The van der Waals surface area contributed by atoms with Crippen molar-refractivity contribution in [1.29, 1.82) is 0 Å². The van der Waals surface area contributed by atoms with Crippen LogP contribution in [0.1, 0.15) is 15.9 Å². The molecule has 0 saturated carbocycles. The molecule has 170 valence electrons. The lowest BCUT2D eigenvalue weighted by molar-refractivity contribution is -0.123. The van der Waals surface area contributed by atoms with Gasteiger partial charge in [0, 0.05) is 4.47 Å². The molecule has 0 fully saturated rings. The fourth-order valence-electron chi connectivity index (χ4n) is 3.05. The van der Waals surface area contributed by atoms with Crippen LogP contribution in [0.3, 0.4) is 0 Å². The lowest BCUT2D eigenvalue weighted by atomic mass is 10.1. The second kappa shape index (κ2) is 11.1. The molecule has 0 radical (unpaired) electrons. The van der Waals surface area contributed by atoms with Crippen molar-refractivity contribution in [3.05, 3.63) is 105 Å². The van der Waals surface area contributed by atoms with Crippen molar-refractivity contribution in [2.24, 2.45) is 5.10 Å². The monoisotopic (exact) mass is 580 g/mol. The van der Waals surface area contributed by atoms with E-state index in [0.717, 1.165) is 25.3 Å². The molecule has 0 bridgehead atoms. The van der Waals surface area contributed by atoms with Crippen LogP contribution in [0.5, 0.6) is 11.5 Å². The average Bonchev–Trinajstić information content (AvgIpc) is 2.85. The van der Waals surface area contributed by atoms with E-state index in [1.54, 1.807) is 48.5 Å². The Hall–Kier alpha value is -3.49. The summed E-state index contributed by atoms with van der Waals surface area (Å²) in [7, 11) is 0. The van der Waals surface area contributed by atoms with E-state index in [-0.39, 0.29) is 6.61 Å². The van der Waals surface area contributed by atoms with E-state index in [1.807, 2.05) is 36.4 Å². The van der Waals surface area contributed by atoms with Crippen LogP contribution in [0.4, 0.5) is 0 Å². The third-order valence-electron chi connectivity index (χ3n) is 4.76. The molecule has 34 heavy (non-hydrogen) atoms. The maximum Gasteiger partial charge on any atom is 0.343 e. The van der Waals surface area contributed by atoms with Gasteiger partial charge in [0.05, 0.1) is 16.3 Å². The number of amides is 1. The van der Waals surface area contributed by atoms with Crippen molar-refractivity contribution in [3.63, 3.8) is 0 Å². The van der Waals surface area contributed by atoms with Crippen LogP contribution in [-0.2, 0) is 4.79 Å². The molecule has 4 aromatic rings. The number of rotatable bonds is 7. The molecule has 0 saturated heterocycles. The quantitative estimate of drug-likeness (QED) is 0.124. The summed E-state index contributed by atoms with van der Waals surface area (Å²) < 4.78 is 12.7. The zero-order valence-corrected chi connectivity index (χ0v) is 20.9. The maximum atomic E-state index is 12.2. The van der Waals surface area contributed by atoms with Crippen LogP contribution in [0.25, 0.3) is 10.8 Å². The molecule has 1 amide bonds. The number of hydrazone groups is 1. The summed E-state index contributed by atoms with van der Waals surface area (Å²) in [5.74, 6) is 0.144. The first-order chi connectivity index (χ1) is 16.5. The lowest BCUT2D eigenvalue weighted by Crippen LogP contribution is -2.24. The Balaban J connectivity index is 1.27. The highest BCUT2D eigenvalue weighted by Crippen LogP contribution is 2.32. The number of hydrogen-bond acceptors (Lipinski definition) is 5. The Kier molecular flexibility index (Phi) is 7.72. The van der Waals surface area contributed by atoms with Crippen LogP contribution in [0.2, 0.25) is 0 Å². The Morgan fingerprint density at radius 2 is 1.62 bits per heavy atom. The van der Waals surface area contributed by atoms with Gasteiger partial charge in [-0.3, -0.25) is 4.79 Å². The topological polar surface area (TPSA) is 77.0 Å². The SMILES string of the molecule is O=C(COc1ccc2ccccc2c1Br)NN=Cc1ccc(OC(=O)c2ccc(Br)cc2)cc1. The van der Waals surface area contributed by atoms with E-state index in [0.29, 0.717) is 17.1 Å². The summed E-state index contributed by atoms with van der Waals surface area (Å²) in [6, 6.07) is 25.3. The number of hydrogen-bond donors (Lipinski definition) is 1. The van der Waals surface area contributed by atoms with Gasteiger partial charge in [0.15, 0.2) is 6.61 Å². The van der Waals surface area contributed by atoms with E-state index in [9.17, 15) is 9.59 Å². The molecule has 4 aromatic carbocycles. The van der Waals surface area contributed by atoms with Gasteiger partial charge in [0.2, 0.25) is 0 Å². The van der Waals surface area contributed by atoms with E-state index in [2.05, 4.69) is 42.4 Å². The minimum absolute atomic E-state index is 0.181. The third-order valence-corrected chi connectivity index (χ3v) is 6.11. The summed E-state index contributed by atoms with van der Waals surface area (Å²) in [5.41, 5.74) is 3.61. The minimum atomic E-state index is -0.445. The molecule has 0 aliphatic heterocycles. The summed E-state index contributed by atoms with van der Waals surface area (Å²) in [6.45, 7) is -0.181. The first kappa shape index (κ1) is 23.7. The molecule has 0 unspecified atom stereocenters. The largest absolute Gasteiger partial charge is 0.483 e. The molecule has 0 aliphatic rings. The van der Waals surface area contributed by atoms with Crippen molar-refractivity contribution in [2.75, 3.05) is 6.61 Å². The number of carbonyl (C=O) groups is 2. The van der Waals surface area contributed by atoms with Crippen molar-refractivity contribution in [2.45, 2.75) is 0 Å². The van der Waals surface area contributed by atoms with Gasteiger partial charge in [-0.2, -0.15) is 5.10 Å². The maximum absolute atomic E-state index is 12.2. The number of esters is 1. The Morgan fingerprint density at radius 3 is 2.38 bits per heavy atom. The van der Waals surface area contributed by atoms with Gasteiger partial charge in [-0.15, -0.1) is 0 Å². The highest BCUT2D eigenvalue weighted by atomic mass is 79.9. The van der Waals surface area contributed by atoms with Gasteiger partial charge in [-0.25, -0.2) is 10.2 Å². The predicted molar refractivity (Wildman–Crippen MR) is 138 cm³/mol. The van der Waals surface area contributed by atoms with Crippen LogP contribution in [0.15, 0.2) is 99.0 Å². The molecular weight excluding hydrogens is 564 g/mol. The van der Waals surface area contributed by atoms with Gasteiger partial charge in [-0.05, 0) is 86.9 Å². The van der Waals surface area contributed by atoms with Crippen LogP contribution < -0.4 is 14.9 Å². The van der Waals surface area contributed by atoms with Crippen molar-refractivity contribution >= 4 is 60.7 Å². The number of benzene rings is 4. The van der Waals surface area contributed by atoms with Crippen LogP contribution >= 0.6 is 31.9 Å². The predicted octanol–water partition coefficient (Wildman–Crippen LogP) is 6.11. The smallest absolute Gasteiger partial charge is 0.343 e. The molecule has 1 N–H and O–H groups in total. The van der Waals surface area contributed by atoms with E-state index in [1.165, 1.54) is 6.21 Å². The number of carbonyl (C=O) groups excluding carboxylic acids is 2. The van der Waals surface area contributed by atoms with Gasteiger partial charge in [0.25, 0.3) is 5.91 Å². The second-order valence-electron chi connectivity index (χ2n) is 7.15. The summed E-state index contributed by atoms with van der Waals surface area (Å²) in [4.78, 5) is 24.3. The average molecular weight is 582 g/mol. The van der Waals surface area contributed by atoms with E-state index in [4.69, 9.17) is 9.47 Å². The number of ether oxygens (including phenoxy) is 2. The normalized spacial score (nSPS) is 10.9. The van der Waals surface area contributed by atoms with E-state index < -0.39 is 11.9 Å². The third kappa shape index (κ3) is 6.09. The van der Waals surface area contributed by atoms with Crippen molar-refractivity contribution < 1.29 is 19.1 Å². The number of fused-ring (bicyclic) bond motifs is 1. The van der Waals surface area contributed by atoms with Gasteiger partial charge in [-0.1, -0.05) is 46.3 Å². The molecule has 0 spiro atoms. The van der Waals surface area contributed by atoms with Gasteiger partial charge in [0.1, 0.15) is 11.5 Å². The second-order valence-corrected chi connectivity index (χ2v) is 8.85. The fraction of sp³-hybridized carbons (Fsp3) is 0.0385. The Morgan fingerprint density at radius 1 is 0.882 bits per heavy atom. The summed E-state index contributed by atoms with van der Waals surface area (Å²) in [6.07, 6.45) is 1.49. The zero-order valence-electron chi connectivity index (χ0n) is 17.7. The number of halogens is 2. The zero-order chi connectivity index (χ0) is 23.9. The number of nitrogens with zero attached hydrogens (tertiary/aromatic N) is 1. The molecule has 0 atom stereocenters. The standard InChI is InChI=1S/C26H18Br2N2O4/c27-20-10-7-19(8-11-20)26(32)34-21-12-5-17(6-13-21)15-29-30-24(31)16-33-23-14-9-18-3-1-2-4-22(18)25(23)28/h1-15H,16H2,(H,30,31). The van der Waals surface area contributed by atoms with Gasteiger partial charge >= 0.3 is 5.97 Å². The molecule has 0 aromatic heterocycles. The van der Waals surface area contributed by atoms with Gasteiger partial charge < -0.3 is 9.47 Å². The lowest BCUT2D eigenvalue weighted by Gasteiger charge is -2.09. The van der Waals surface area contributed by atoms with Crippen molar-refractivity contribution in [3.8, 4) is 11.5 Å². The summed E-state index contributed by atoms with van der Waals surface area (Å²) in [5, 5.41) is 6.02. The Bertz CT molecular complexity index is 1350. The molecule has 4 rings (SSSR count). The molecule has 0 aliphatic carbocycles. The fourth-order valence-corrected chi connectivity index (χ4v) is 3.93. The molecule has 8 heteroatoms. The number of nitrogens with one attached hydrogen (secondary N) is 1. The first-order valence-electron chi connectivity index (χ1n) is 10.2. The van der Waals surface area contributed by atoms with E-state index >= 15 is 0 Å². The molecule has 6 nitrogen and oxygen atoms in total. The summed E-state index contributed by atoms with van der Waals surface area (Å²) >= 11 is 6.86. The van der Waals surface area contributed by atoms with Crippen LogP contribution in [-0.4, -0.2) is 24.7 Å². The molecular formula is C26H18Br2N2O4. The van der Waals surface area contributed by atoms with Crippen LogP contribution in [0, 0.1) is 0 Å². The Labute approximate surface area is 212 Å². The molecule has 0 heterocycles. The highest BCUT2D eigenvalue weighted by molar-refractivity contribution is 9.11. The van der Waals surface area contributed by atoms with Crippen molar-refractivity contribution in [1.82, 2.24) is 5.43 Å². The highest BCUT2D eigenvalue weighted by Gasteiger charge is 2.09. The first-order valence-corrected chi connectivity index (χ1v) is 11.8. The minimum Gasteiger partial charge on any atom is -0.483 e.